The normalized spacial score (nSPS) is 17.2. The van der Waals surface area contributed by atoms with Crippen molar-refractivity contribution >= 4 is 16.8 Å². The summed E-state index contributed by atoms with van der Waals surface area (Å²) in [5.41, 5.74) is 4.39. The number of rotatable bonds is 4. The summed E-state index contributed by atoms with van der Waals surface area (Å²) >= 11 is 0. The predicted molar refractivity (Wildman–Crippen MR) is 105 cm³/mol. The second kappa shape index (κ2) is 6.92. The number of amides is 1. The van der Waals surface area contributed by atoms with Crippen LogP contribution in [0, 0.1) is 0 Å². The Morgan fingerprint density at radius 3 is 2.79 bits per heavy atom. The number of fused-ring (bicyclic) bond motifs is 3. The molecule has 2 N–H and O–H groups in total. The summed E-state index contributed by atoms with van der Waals surface area (Å²) in [6.07, 6.45) is 4.46. The van der Waals surface area contributed by atoms with Crippen molar-refractivity contribution in [2.45, 2.75) is 31.3 Å². The number of aryl methyl sites for hydroxylation is 1. The number of nitrogens with one attached hydrogen (secondary N) is 2. The topological polar surface area (TPSA) is 88.5 Å². The standard InChI is InChI=1S/C21H20N6O/c28-21(20(27-13-22-25-26-27)14-7-2-1-3-8-14)24-18-12-6-10-16-15-9-4-5-11-17(15)23-19(16)18/h1-5,7-9,11,13,18,20,23H,6,10,12H2,(H,24,28)/t18-,20+/m0/s1. The highest BCUT2D eigenvalue weighted by molar-refractivity contribution is 5.87. The maximum atomic E-state index is 13.3. The third kappa shape index (κ3) is 2.85. The minimum atomic E-state index is -0.606. The SMILES string of the molecule is O=C(N[C@H]1CCCc2c1[nH]c1ccccc21)[C@@H](c1ccccc1)n1cnnn1. The first kappa shape index (κ1) is 16.7. The third-order valence-electron chi connectivity index (χ3n) is 5.42. The molecule has 2 aromatic carbocycles. The van der Waals surface area contributed by atoms with E-state index in [4.69, 9.17) is 0 Å². The van der Waals surface area contributed by atoms with Gasteiger partial charge in [-0.1, -0.05) is 48.5 Å². The van der Waals surface area contributed by atoms with Crippen LogP contribution in [0.1, 0.15) is 41.7 Å². The molecule has 4 aromatic rings. The summed E-state index contributed by atoms with van der Waals surface area (Å²) in [4.78, 5) is 16.8. The van der Waals surface area contributed by atoms with E-state index >= 15 is 0 Å². The Balaban J connectivity index is 1.48. The predicted octanol–water partition coefficient (Wildman–Crippen LogP) is 2.94. The van der Waals surface area contributed by atoms with Crippen LogP contribution in [0.2, 0.25) is 0 Å². The zero-order valence-electron chi connectivity index (χ0n) is 15.2. The number of tetrazole rings is 1. The van der Waals surface area contributed by atoms with Crippen LogP contribution < -0.4 is 5.32 Å². The van der Waals surface area contributed by atoms with Gasteiger partial charge < -0.3 is 10.3 Å². The van der Waals surface area contributed by atoms with E-state index in [2.05, 4.69) is 44.0 Å². The van der Waals surface area contributed by atoms with E-state index < -0.39 is 6.04 Å². The number of hydrogen-bond acceptors (Lipinski definition) is 4. The van der Waals surface area contributed by atoms with Crippen molar-refractivity contribution in [1.82, 2.24) is 30.5 Å². The monoisotopic (exact) mass is 372 g/mol. The summed E-state index contributed by atoms with van der Waals surface area (Å²) < 4.78 is 1.50. The van der Waals surface area contributed by atoms with E-state index in [-0.39, 0.29) is 11.9 Å². The Kier molecular flexibility index (Phi) is 4.12. The molecule has 5 rings (SSSR count). The highest BCUT2D eigenvalue weighted by Gasteiger charge is 2.30. The quantitative estimate of drug-likeness (QED) is 0.576. The van der Waals surface area contributed by atoms with Crippen LogP contribution in [-0.4, -0.2) is 31.1 Å². The molecule has 28 heavy (non-hydrogen) atoms. The average molecular weight is 372 g/mol. The smallest absolute Gasteiger partial charge is 0.250 e. The lowest BCUT2D eigenvalue weighted by molar-refractivity contribution is -0.124. The summed E-state index contributed by atoms with van der Waals surface area (Å²) in [6.45, 7) is 0. The lowest BCUT2D eigenvalue weighted by atomic mass is 9.91. The van der Waals surface area contributed by atoms with Gasteiger partial charge in [0.1, 0.15) is 6.33 Å². The van der Waals surface area contributed by atoms with Crippen molar-refractivity contribution in [3.63, 3.8) is 0 Å². The first-order valence-electron chi connectivity index (χ1n) is 9.48. The van der Waals surface area contributed by atoms with Crippen LogP contribution >= 0.6 is 0 Å². The van der Waals surface area contributed by atoms with Crippen molar-refractivity contribution in [2.75, 3.05) is 0 Å². The lowest BCUT2D eigenvalue weighted by Crippen LogP contribution is -2.37. The van der Waals surface area contributed by atoms with Gasteiger partial charge in [0, 0.05) is 16.6 Å². The number of aromatic amines is 1. The molecule has 0 unspecified atom stereocenters. The second-order valence-corrected chi connectivity index (χ2v) is 7.12. The molecule has 0 bridgehead atoms. The van der Waals surface area contributed by atoms with Gasteiger partial charge in [0.15, 0.2) is 6.04 Å². The number of carbonyl (C=O) groups is 1. The second-order valence-electron chi connectivity index (χ2n) is 7.12. The summed E-state index contributed by atoms with van der Waals surface area (Å²) in [6, 6.07) is 17.2. The molecule has 0 saturated carbocycles. The molecule has 1 aliphatic carbocycles. The number of carbonyl (C=O) groups excluding carboxylic acids is 1. The van der Waals surface area contributed by atoms with Crippen LogP contribution in [0.5, 0.6) is 0 Å². The zero-order chi connectivity index (χ0) is 18.9. The van der Waals surface area contributed by atoms with Gasteiger partial charge >= 0.3 is 0 Å². The molecular weight excluding hydrogens is 352 g/mol. The maximum Gasteiger partial charge on any atom is 0.250 e. The van der Waals surface area contributed by atoms with E-state index in [9.17, 15) is 4.79 Å². The Morgan fingerprint density at radius 2 is 1.96 bits per heavy atom. The summed E-state index contributed by atoms with van der Waals surface area (Å²) in [5, 5.41) is 15.9. The van der Waals surface area contributed by atoms with Crippen molar-refractivity contribution in [1.29, 1.82) is 0 Å². The van der Waals surface area contributed by atoms with E-state index in [1.807, 2.05) is 36.4 Å². The molecule has 2 heterocycles. The van der Waals surface area contributed by atoms with Crippen molar-refractivity contribution in [2.24, 2.45) is 0 Å². The van der Waals surface area contributed by atoms with Crippen LogP contribution in [0.3, 0.4) is 0 Å². The zero-order valence-corrected chi connectivity index (χ0v) is 15.2. The first-order chi connectivity index (χ1) is 13.8. The number of H-pyrrole nitrogens is 1. The molecule has 7 heteroatoms. The molecule has 0 radical (unpaired) electrons. The minimum Gasteiger partial charge on any atom is -0.356 e. The molecular formula is C21H20N6O. The van der Waals surface area contributed by atoms with Gasteiger partial charge in [-0.3, -0.25) is 4.79 Å². The van der Waals surface area contributed by atoms with Crippen molar-refractivity contribution in [3.05, 3.63) is 77.7 Å². The minimum absolute atomic E-state index is 0.0497. The van der Waals surface area contributed by atoms with Crippen LogP contribution in [0.25, 0.3) is 10.9 Å². The fraction of sp³-hybridized carbons (Fsp3) is 0.238. The lowest BCUT2D eigenvalue weighted by Gasteiger charge is -2.26. The Labute approximate surface area is 161 Å². The number of nitrogens with zero attached hydrogens (tertiary/aromatic N) is 4. The van der Waals surface area contributed by atoms with Gasteiger partial charge in [-0.25, -0.2) is 4.68 Å². The third-order valence-corrected chi connectivity index (χ3v) is 5.42. The molecule has 2 aromatic heterocycles. The van der Waals surface area contributed by atoms with E-state index in [1.54, 1.807) is 0 Å². The van der Waals surface area contributed by atoms with Gasteiger partial charge in [0.25, 0.3) is 0 Å². The molecule has 0 aliphatic heterocycles. The Morgan fingerprint density at radius 1 is 1.14 bits per heavy atom. The maximum absolute atomic E-state index is 13.3. The van der Waals surface area contributed by atoms with Gasteiger partial charge in [0.05, 0.1) is 6.04 Å². The Bertz CT molecular complexity index is 1100. The number of aromatic nitrogens is 5. The van der Waals surface area contributed by atoms with Gasteiger partial charge in [-0.2, -0.15) is 0 Å². The summed E-state index contributed by atoms with van der Waals surface area (Å²) in [7, 11) is 0. The largest absolute Gasteiger partial charge is 0.356 e. The van der Waals surface area contributed by atoms with Crippen LogP contribution in [-0.2, 0) is 11.2 Å². The van der Waals surface area contributed by atoms with Crippen molar-refractivity contribution < 1.29 is 4.79 Å². The Hall–Kier alpha value is -3.48. The first-order valence-corrected chi connectivity index (χ1v) is 9.48. The fourth-order valence-corrected chi connectivity index (χ4v) is 4.16. The van der Waals surface area contributed by atoms with Crippen molar-refractivity contribution in [3.8, 4) is 0 Å². The molecule has 0 spiro atoms. The van der Waals surface area contributed by atoms with Crippen LogP contribution in [0.4, 0.5) is 0 Å². The van der Waals surface area contributed by atoms with E-state index in [0.29, 0.717) is 0 Å². The van der Waals surface area contributed by atoms with Gasteiger partial charge in [0.2, 0.25) is 5.91 Å². The molecule has 1 amide bonds. The average Bonchev–Trinajstić information content (AvgIpc) is 3.38. The number of para-hydroxylation sites is 1. The molecule has 2 atom stereocenters. The summed E-state index contributed by atoms with van der Waals surface area (Å²) in [5.74, 6) is -0.116. The molecule has 140 valence electrons. The molecule has 1 aliphatic rings. The highest BCUT2D eigenvalue weighted by Crippen LogP contribution is 2.35. The molecule has 0 fully saturated rings. The fourth-order valence-electron chi connectivity index (χ4n) is 4.16. The molecule has 7 nitrogen and oxygen atoms in total. The van der Waals surface area contributed by atoms with Crippen LogP contribution in [0.15, 0.2) is 60.9 Å². The highest BCUT2D eigenvalue weighted by atomic mass is 16.2. The van der Waals surface area contributed by atoms with Gasteiger partial charge in [-0.05, 0) is 46.9 Å². The number of hydrogen-bond donors (Lipinski definition) is 2. The van der Waals surface area contributed by atoms with E-state index in [1.165, 1.54) is 22.0 Å². The molecule has 0 saturated heterocycles. The van der Waals surface area contributed by atoms with E-state index in [0.717, 1.165) is 36.0 Å². The van der Waals surface area contributed by atoms with Gasteiger partial charge in [-0.15, -0.1) is 5.10 Å². The number of benzene rings is 2.